The van der Waals surface area contributed by atoms with Crippen molar-refractivity contribution in [2.75, 3.05) is 24.7 Å². The molecule has 2 aliphatic carbocycles. The number of rotatable bonds is 14. The molecule has 0 radical (unpaired) electrons. The van der Waals surface area contributed by atoms with Crippen LogP contribution in [0.25, 0.3) is 0 Å². The largest absolute Gasteiger partial charge is 0.322 e. The van der Waals surface area contributed by atoms with Crippen molar-refractivity contribution in [1.82, 2.24) is 4.67 Å². The summed E-state index contributed by atoms with van der Waals surface area (Å²) in [5, 5.41) is 0. The highest BCUT2D eigenvalue weighted by Gasteiger charge is 2.47. The van der Waals surface area contributed by atoms with E-state index in [0.29, 0.717) is 12.1 Å². The summed E-state index contributed by atoms with van der Waals surface area (Å²) in [6, 6.07) is 0.886. The Kier molecular flexibility index (Phi) is 11.8. The summed E-state index contributed by atoms with van der Waals surface area (Å²) in [6.45, 7) is 12.7. The zero-order valence-electron chi connectivity index (χ0n) is 18.8. The number of hydrogen-bond acceptors (Lipinski definition) is 4. The van der Waals surface area contributed by atoms with Crippen LogP contribution in [0.2, 0.25) is 0 Å². The zero-order chi connectivity index (χ0) is 20.4. The molecular weight excluding hydrogens is 385 g/mol. The highest BCUT2D eigenvalue weighted by molar-refractivity contribution is 7.99. The van der Waals surface area contributed by atoms with E-state index in [0.717, 1.165) is 56.7 Å². The highest BCUT2D eigenvalue weighted by atomic mass is 32.2. The molecule has 0 aromatic rings. The van der Waals surface area contributed by atoms with Crippen LogP contribution in [-0.4, -0.2) is 41.5 Å². The molecule has 2 rings (SSSR count). The maximum absolute atomic E-state index is 6.22. The third-order valence-corrected chi connectivity index (χ3v) is 8.93. The maximum Gasteiger partial charge on any atom is 0.259 e. The van der Waals surface area contributed by atoms with Gasteiger partial charge in [0, 0.05) is 24.9 Å². The smallest absolute Gasteiger partial charge is 0.259 e. The number of hydrogen-bond donors (Lipinski definition) is 0. The van der Waals surface area contributed by atoms with E-state index in [9.17, 15) is 0 Å². The summed E-state index contributed by atoms with van der Waals surface area (Å²) >= 11 is 2.11. The van der Waals surface area contributed by atoms with E-state index >= 15 is 0 Å². The summed E-state index contributed by atoms with van der Waals surface area (Å²) in [5.74, 6) is 12.1. The predicted molar refractivity (Wildman–Crippen MR) is 124 cm³/mol. The van der Waals surface area contributed by atoms with Gasteiger partial charge in [0.05, 0.1) is 13.2 Å². The Hall–Kier alpha value is 0.220. The Labute approximate surface area is 180 Å². The number of thioether (sulfide) groups is 1. The van der Waals surface area contributed by atoms with Gasteiger partial charge in [-0.3, -0.25) is 0 Å². The monoisotopic (exact) mass is 427 g/mol. The Bertz CT molecular complexity index is 465. The molecular formula is C23H42NO2PS. The molecule has 4 atom stereocenters. The minimum absolute atomic E-state index is 0.443. The first-order valence-corrected chi connectivity index (χ1v) is 13.7. The van der Waals surface area contributed by atoms with Crippen molar-refractivity contribution in [3.05, 3.63) is 0 Å². The first-order chi connectivity index (χ1) is 13.6. The molecule has 2 aliphatic rings. The summed E-state index contributed by atoms with van der Waals surface area (Å²) in [7, 11) is -0.936. The fourth-order valence-corrected chi connectivity index (χ4v) is 7.09. The summed E-state index contributed by atoms with van der Waals surface area (Å²) in [6.07, 6.45) is 8.53. The zero-order valence-corrected chi connectivity index (χ0v) is 20.5. The first-order valence-electron chi connectivity index (χ1n) is 11.4. The number of nitrogens with zero attached hydrogens (tertiary/aromatic N) is 1. The fraction of sp³-hybridized carbons (Fsp3) is 0.913. The summed E-state index contributed by atoms with van der Waals surface area (Å²) in [5.41, 5.74) is 0. The van der Waals surface area contributed by atoms with Crippen molar-refractivity contribution >= 4 is 20.3 Å². The molecule has 5 heteroatoms. The van der Waals surface area contributed by atoms with Gasteiger partial charge in [0.15, 0.2) is 0 Å². The second-order valence-corrected chi connectivity index (χ2v) is 11.3. The van der Waals surface area contributed by atoms with Crippen LogP contribution in [0.5, 0.6) is 0 Å². The van der Waals surface area contributed by atoms with Crippen LogP contribution in [0.15, 0.2) is 0 Å². The van der Waals surface area contributed by atoms with Gasteiger partial charge in [-0.2, -0.15) is 11.8 Å². The van der Waals surface area contributed by atoms with Crippen molar-refractivity contribution in [2.24, 2.45) is 17.8 Å². The van der Waals surface area contributed by atoms with E-state index < -0.39 is 8.53 Å². The topological polar surface area (TPSA) is 21.7 Å². The highest BCUT2D eigenvalue weighted by Crippen LogP contribution is 2.54. The van der Waals surface area contributed by atoms with E-state index in [-0.39, 0.29) is 0 Å². The third kappa shape index (κ3) is 8.16. The van der Waals surface area contributed by atoms with Crippen molar-refractivity contribution in [3.8, 4) is 11.8 Å². The third-order valence-electron chi connectivity index (χ3n) is 5.72. The average molecular weight is 428 g/mol. The van der Waals surface area contributed by atoms with Gasteiger partial charge in [-0.15, -0.1) is 11.8 Å². The van der Waals surface area contributed by atoms with Crippen LogP contribution < -0.4 is 0 Å². The molecule has 2 unspecified atom stereocenters. The predicted octanol–water partition coefficient (Wildman–Crippen LogP) is 6.73. The summed E-state index contributed by atoms with van der Waals surface area (Å²) < 4.78 is 14.7. The van der Waals surface area contributed by atoms with Crippen molar-refractivity contribution in [2.45, 2.75) is 91.6 Å². The molecule has 0 spiro atoms. The normalized spacial score (nSPS) is 25.2. The van der Waals surface area contributed by atoms with Crippen LogP contribution >= 0.6 is 20.3 Å². The molecule has 28 heavy (non-hydrogen) atoms. The van der Waals surface area contributed by atoms with Crippen LogP contribution in [0.1, 0.15) is 79.6 Å². The second kappa shape index (κ2) is 13.5. The van der Waals surface area contributed by atoms with Crippen molar-refractivity contribution in [1.29, 1.82) is 0 Å². The lowest BCUT2D eigenvalue weighted by molar-refractivity contribution is 0.175. The minimum atomic E-state index is -0.936. The lowest BCUT2D eigenvalue weighted by atomic mass is 10.1. The molecule has 0 N–H and O–H groups in total. The van der Waals surface area contributed by atoms with Gasteiger partial charge in [0.25, 0.3) is 8.53 Å². The minimum Gasteiger partial charge on any atom is -0.322 e. The Balaban J connectivity index is 1.57. The summed E-state index contributed by atoms with van der Waals surface area (Å²) in [4.78, 5) is 0. The van der Waals surface area contributed by atoms with E-state index in [1.54, 1.807) is 0 Å². The van der Waals surface area contributed by atoms with Crippen LogP contribution in [0, 0.1) is 29.6 Å². The van der Waals surface area contributed by atoms with Gasteiger partial charge in [-0.1, -0.05) is 6.92 Å². The molecule has 0 saturated heterocycles. The van der Waals surface area contributed by atoms with Gasteiger partial charge in [0.2, 0.25) is 0 Å². The molecule has 0 bridgehead atoms. The number of fused-ring (bicyclic) bond motifs is 1. The Morgan fingerprint density at radius 1 is 0.964 bits per heavy atom. The van der Waals surface area contributed by atoms with Crippen LogP contribution in [0.3, 0.4) is 0 Å². The molecule has 1 fully saturated rings. The molecule has 0 amide bonds. The quantitative estimate of drug-likeness (QED) is 0.174. The fourth-order valence-electron chi connectivity index (χ4n) is 4.40. The van der Waals surface area contributed by atoms with Gasteiger partial charge in [-0.05, 0) is 89.1 Å². The Morgan fingerprint density at radius 3 is 2.14 bits per heavy atom. The average Bonchev–Trinajstić information content (AvgIpc) is 3.26. The van der Waals surface area contributed by atoms with Crippen LogP contribution in [-0.2, 0) is 9.05 Å². The van der Waals surface area contributed by atoms with Gasteiger partial charge in [0.1, 0.15) is 0 Å². The molecule has 0 aromatic heterocycles. The lowest BCUT2D eigenvalue weighted by Crippen LogP contribution is -2.33. The van der Waals surface area contributed by atoms with Gasteiger partial charge >= 0.3 is 0 Å². The van der Waals surface area contributed by atoms with Gasteiger partial charge in [-0.25, -0.2) is 4.67 Å². The molecule has 0 aromatic carbocycles. The van der Waals surface area contributed by atoms with Crippen LogP contribution in [0.4, 0.5) is 0 Å². The van der Waals surface area contributed by atoms with Crippen molar-refractivity contribution < 1.29 is 9.05 Å². The van der Waals surface area contributed by atoms with E-state index in [1.807, 2.05) is 0 Å². The van der Waals surface area contributed by atoms with Crippen molar-refractivity contribution in [3.63, 3.8) is 0 Å². The maximum atomic E-state index is 6.22. The molecule has 3 nitrogen and oxygen atoms in total. The molecule has 0 aliphatic heterocycles. The second-order valence-electron chi connectivity index (χ2n) is 8.65. The first kappa shape index (κ1) is 24.5. The molecule has 162 valence electrons. The molecule has 1 saturated carbocycles. The Morgan fingerprint density at radius 2 is 1.57 bits per heavy atom. The van der Waals surface area contributed by atoms with Gasteiger partial charge < -0.3 is 9.05 Å². The standard InChI is InChI=1S/C23H42NO2PS/c1-6-15-25-27(24(19(2)3)20(4)5)26-16-11-17-28-18-14-23-21-12-9-7-8-10-13-22(21)23/h19-23H,6,9-18H2,1-5H3/t21-,22+,23?,27?. The van der Waals surface area contributed by atoms with E-state index in [1.165, 1.54) is 30.8 Å². The lowest BCUT2D eigenvalue weighted by Gasteiger charge is -2.35. The SMILES string of the molecule is CCCOP(OCCCSCCC1[C@H]2CCC#CCC[C@@H]12)N(C(C)C)C(C)C. The molecule has 0 heterocycles. The van der Waals surface area contributed by atoms with E-state index in [4.69, 9.17) is 9.05 Å². The van der Waals surface area contributed by atoms with E-state index in [2.05, 4.69) is 62.9 Å².